The van der Waals surface area contributed by atoms with Gasteiger partial charge in [-0.2, -0.15) is 0 Å². The Morgan fingerprint density at radius 2 is 2.00 bits per heavy atom. The Hall–Kier alpha value is -3.28. The fourth-order valence-electron chi connectivity index (χ4n) is 2.66. The molecule has 0 fully saturated rings. The number of aromatic amines is 1. The number of hydrogen-bond donors (Lipinski definition) is 1. The Morgan fingerprint density at radius 1 is 1.12 bits per heavy atom. The van der Waals surface area contributed by atoms with Crippen molar-refractivity contribution in [2.45, 2.75) is 0 Å². The minimum atomic E-state index is -0.938. The van der Waals surface area contributed by atoms with E-state index in [9.17, 15) is 8.78 Å². The van der Waals surface area contributed by atoms with Gasteiger partial charge in [-0.3, -0.25) is 0 Å². The van der Waals surface area contributed by atoms with Gasteiger partial charge in [0.05, 0.1) is 11.8 Å². The summed E-state index contributed by atoms with van der Waals surface area (Å²) < 4.78 is 33.0. The predicted molar refractivity (Wildman–Crippen MR) is 87.0 cm³/mol. The van der Waals surface area contributed by atoms with E-state index in [0.717, 1.165) is 17.0 Å². The van der Waals surface area contributed by atoms with E-state index < -0.39 is 11.6 Å². The van der Waals surface area contributed by atoms with Crippen LogP contribution in [0.15, 0.2) is 54.0 Å². The number of hydrogen-bond acceptors (Lipinski definition) is 3. The quantitative estimate of drug-likeness (QED) is 0.589. The molecule has 1 N–H and O–H groups in total. The molecule has 0 aliphatic heterocycles. The number of pyridine rings is 1. The molecule has 0 spiro atoms. The number of nitrogens with one attached hydrogen (secondary N) is 1. The summed E-state index contributed by atoms with van der Waals surface area (Å²) in [6.45, 7) is 3.72. The maximum Gasteiger partial charge on any atom is 0.176 e. The highest BCUT2D eigenvalue weighted by atomic mass is 19.2. The zero-order valence-electron chi connectivity index (χ0n) is 12.4. The van der Waals surface area contributed by atoms with E-state index in [4.69, 9.17) is 4.52 Å². The average Bonchev–Trinajstić information content (AvgIpc) is 3.22. The summed E-state index contributed by atoms with van der Waals surface area (Å²) in [6.07, 6.45) is 6.43. The summed E-state index contributed by atoms with van der Waals surface area (Å²) in [5.74, 6) is -1.52. The van der Waals surface area contributed by atoms with E-state index in [0.29, 0.717) is 22.5 Å². The summed E-state index contributed by atoms with van der Waals surface area (Å²) in [4.78, 5) is 7.33. The van der Waals surface area contributed by atoms with Crippen LogP contribution in [0.2, 0.25) is 0 Å². The molecule has 0 unspecified atom stereocenters. The summed E-state index contributed by atoms with van der Waals surface area (Å²) in [5, 5.41) is 4.54. The molecule has 0 aliphatic rings. The molecular formula is C18H11F2N3O. The normalized spacial score (nSPS) is 11.1. The van der Waals surface area contributed by atoms with Gasteiger partial charge in [-0.1, -0.05) is 29.9 Å². The fourth-order valence-corrected chi connectivity index (χ4v) is 2.66. The summed E-state index contributed by atoms with van der Waals surface area (Å²) >= 11 is 0. The van der Waals surface area contributed by atoms with Gasteiger partial charge in [0.25, 0.3) is 0 Å². The van der Waals surface area contributed by atoms with Crippen LogP contribution in [0.4, 0.5) is 8.78 Å². The zero-order chi connectivity index (χ0) is 16.7. The van der Waals surface area contributed by atoms with Gasteiger partial charge in [-0.05, 0) is 17.7 Å². The van der Waals surface area contributed by atoms with Crippen molar-refractivity contribution in [3.8, 4) is 22.5 Å². The van der Waals surface area contributed by atoms with Gasteiger partial charge in [-0.25, -0.2) is 13.8 Å². The minimum absolute atomic E-state index is 0.0911. The first kappa shape index (κ1) is 14.3. The second-order valence-electron chi connectivity index (χ2n) is 5.24. The predicted octanol–water partition coefficient (Wildman–Crippen LogP) is 4.81. The van der Waals surface area contributed by atoms with Crippen LogP contribution < -0.4 is 0 Å². The molecule has 0 saturated heterocycles. The van der Waals surface area contributed by atoms with Gasteiger partial charge < -0.3 is 9.51 Å². The topological polar surface area (TPSA) is 54.7 Å². The molecule has 0 radical (unpaired) electrons. The third kappa shape index (κ3) is 2.11. The van der Waals surface area contributed by atoms with Crippen molar-refractivity contribution in [1.82, 2.24) is 15.1 Å². The number of halogens is 2. The molecule has 3 heterocycles. The molecule has 0 aliphatic carbocycles. The molecule has 4 rings (SSSR count). The Morgan fingerprint density at radius 3 is 2.83 bits per heavy atom. The molecule has 1 aromatic carbocycles. The lowest BCUT2D eigenvalue weighted by molar-refractivity contribution is 0.432. The summed E-state index contributed by atoms with van der Waals surface area (Å²) in [7, 11) is 0. The lowest BCUT2D eigenvalue weighted by atomic mass is 10.0. The number of fused-ring (bicyclic) bond motifs is 1. The maximum absolute atomic E-state index is 14.1. The van der Waals surface area contributed by atoms with Crippen LogP contribution in [-0.4, -0.2) is 15.1 Å². The van der Waals surface area contributed by atoms with Crippen molar-refractivity contribution in [3.05, 3.63) is 66.6 Å². The zero-order valence-corrected chi connectivity index (χ0v) is 12.4. The molecule has 3 aromatic heterocycles. The van der Waals surface area contributed by atoms with E-state index in [2.05, 4.69) is 21.7 Å². The Kier molecular flexibility index (Phi) is 3.23. The second kappa shape index (κ2) is 5.42. The summed E-state index contributed by atoms with van der Waals surface area (Å²) in [6, 6.07) is 5.88. The van der Waals surface area contributed by atoms with Gasteiger partial charge in [0.2, 0.25) is 0 Å². The van der Waals surface area contributed by atoms with Crippen LogP contribution in [0.1, 0.15) is 5.56 Å². The molecule has 6 heteroatoms. The smallest absolute Gasteiger partial charge is 0.176 e. The Labute approximate surface area is 135 Å². The van der Waals surface area contributed by atoms with E-state index >= 15 is 0 Å². The number of H-pyrrole nitrogens is 1. The van der Waals surface area contributed by atoms with Crippen molar-refractivity contribution < 1.29 is 13.3 Å². The van der Waals surface area contributed by atoms with Gasteiger partial charge in [-0.15, -0.1) is 0 Å². The standard InChI is InChI=1S/C18H11F2N3O/c1-2-10-6-12-13(8-22-18(12)21-7-10)17-14(9-23-24-17)11-4-3-5-15(19)16(11)20/h2-9H,1H2,(H,21,22). The van der Waals surface area contributed by atoms with Crippen LogP contribution in [0.3, 0.4) is 0 Å². The first-order chi connectivity index (χ1) is 11.7. The molecule has 0 bridgehead atoms. The second-order valence-corrected chi connectivity index (χ2v) is 5.24. The van der Waals surface area contributed by atoms with Gasteiger partial charge in [0.15, 0.2) is 17.4 Å². The fraction of sp³-hybridized carbons (Fsp3) is 0. The molecule has 0 amide bonds. The van der Waals surface area contributed by atoms with Crippen molar-refractivity contribution in [2.75, 3.05) is 0 Å². The first-order valence-electron chi connectivity index (χ1n) is 7.18. The highest BCUT2D eigenvalue weighted by Crippen LogP contribution is 2.37. The first-order valence-corrected chi connectivity index (χ1v) is 7.18. The minimum Gasteiger partial charge on any atom is -0.356 e. The van der Waals surface area contributed by atoms with Gasteiger partial charge in [0, 0.05) is 28.9 Å². The molecule has 4 aromatic rings. The van der Waals surface area contributed by atoms with E-state index in [1.54, 1.807) is 18.5 Å². The Balaban J connectivity index is 1.95. The average molecular weight is 323 g/mol. The number of rotatable bonds is 3. The number of nitrogens with zero attached hydrogens (tertiary/aromatic N) is 2. The third-order valence-electron chi connectivity index (χ3n) is 3.84. The van der Waals surface area contributed by atoms with Crippen molar-refractivity contribution in [2.24, 2.45) is 0 Å². The van der Waals surface area contributed by atoms with Crippen LogP contribution in [0.5, 0.6) is 0 Å². The monoisotopic (exact) mass is 323 g/mol. The van der Waals surface area contributed by atoms with Gasteiger partial charge >= 0.3 is 0 Å². The van der Waals surface area contributed by atoms with E-state index in [-0.39, 0.29) is 5.56 Å². The molecule has 0 saturated carbocycles. The van der Waals surface area contributed by atoms with Crippen LogP contribution >= 0.6 is 0 Å². The highest BCUT2D eigenvalue weighted by molar-refractivity contribution is 5.96. The van der Waals surface area contributed by atoms with Crippen molar-refractivity contribution in [1.29, 1.82) is 0 Å². The van der Waals surface area contributed by atoms with Crippen LogP contribution in [0.25, 0.3) is 39.6 Å². The molecular weight excluding hydrogens is 312 g/mol. The molecule has 4 nitrogen and oxygen atoms in total. The lowest BCUT2D eigenvalue weighted by Crippen LogP contribution is -1.89. The van der Waals surface area contributed by atoms with Crippen molar-refractivity contribution >= 4 is 17.1 Å². The SMILES string of the molecule is C=Cc1cnc2[nH]cc(-c3oncc3-c3cccc(F)c3F)c2c1. The van der Waals surface area contributed by atoms with Crippen LogP contribution in [-0.2, 0) is 0 Å². The third-order valence-corrected chi connectivity index (χ3v) is 3.84. The molecule has 24 heavy (non-hydrogen) atoms. The summed E-state index contributed by atoms with van der Waals surface area (Å²) in [5.41, 5.74) is 2.61. The highest BCUT2D eigenvalue weighted by Gasteiger charge is 2.20. The van der Waals surface area contributed by atoms with Crippen LogP contribution in [0, 0.1) is 11.6 Å². The van der Waals surface area contributed by atoms with Gasteiger partial charge in [0.1, 0.15) is 5.65 Å². The van der Waals surface area contributed by atoms with Crippen molar-refractivity contribution in [3.63, 3.8) is 0 Å². The molecule has 118 valence electrons. The largest absolute Gasteiger partial charge is 0.356 e. The van der Waals surface area contributed by atoms with E-state index in [1.807, 2.05) is 6.07 Å². The lowest BCUT2D eigenvalue weighted by Gasteiger charge is -2.03. The molecule has 0 atom stereocenters. The maximum atomic E-state index is 14.1. The van der Waals surface area contributed by atoms with E-state index in [1.165, 1.54) is 18.3 Å². The number of aromatic nitrogens is 3. The number of benzene rings is 1. The Bertz CT molecular complexity index is 1070.